The normalized spacial score (nSPS) is 16.0. The molecule has 7 nitrogen and oxygen atoms in total. The van der Waals surface area contributed by atoms with Crippen molar-refractivity contribution in [3.8, 4) is 28.3 Å². The number of aryl methyl sites for hydroxylation is 2. The summed E-state index contributed by atoms with van der Waals surface area (Å²) in [5.74, 6) is -0.334. The number of pyridine rings is 1. The van der Waals surface area contributed by atoms with E-state index in [1.54, 1.807) is 4.68 Å². The van der Waals surface area contributed by atoms with Crippen LogP contribution in [0.1, 0.15) is 35.3 Å². The third-order valence-electron chi connectivity index (χ3n) is 5.70. The van der Waals surface area contributed by atoms with Crippen molar-refractivity contribution < 1.29 is 14.6 Å². The van der Waals surface area contributed by atoms with Gasteiger partial charge in [-0.1, -0.05) is 0 Å². The molecule has 0 bridgehead atoms. The topological polar surface area (TPSA) is 86.4 Å². The lowest BCUT2D eigenvalue weighted by atomic mass is 9.86. The van der Waals surface area contributed by atoms with Crippen LogP contribution in [0.4, 0.5) is 0 Å². The Morgan fingerprint density at radius 2 is 2.03 bits per heavy atom. The number of aromatic carboxylic acids is 1. The van der Waals surface area contributed by atoms with Crippen LogP contribution in [0, 0.1) is 0 Å². The number of aromatic nitrogens is 3. The smallest absolute Gasteiger partial charge is 0.341 e. The van der Waals surface area contributed by atoms with Crippen molar-refractivity contribution in [2.45, 2.75) is 38.8 Å². The van der Waals surface area contributed by atoms with Gasteiger partial charge in [0, 0.05) is 55.2 Å². The monoisotopic (exact) mass is 391 g/mol. The molecule has 148 valence electrons. The van der Waals surface area contributed by atoms with Gasteiger partial charge in [-0.25, -0.2) is 4.79 Å². The minimum Gasteiger partial charge on any atom is -0.487 e. The van der Waals surface area contributed by atoms with Gasteiger partial charge in [0.05, 0.1) is 11.4 Å². The average molecular weight is 391 g/mol. The average Bonchev–Trinajstić information content (AvgIpc) is 3.22. The summed E-state index contributed by atoms with van der Waals surface area (Å²) in [6.45, 7) is 4.77. The van der Waals surface area contributed by atoms with Crippen LogP contribution in [0.3, 0.4) is 0 Å². The predicted octanol–water partition coefficient (Wildman–Crippen LogP) is 2.88. The lowest BCUT2D eigenvalue weighted by molar-refractivity contribution is 0.0694. The first-order chi connectivity index (χ1) is 13.7. The van der Waals surface area contributed by atoms with Crippen molar-refractivity contribution in [1.29, 1.82) is 0 Å². The van der Waals surface area contributed by atoms with Gasteiger partial charge < -0.3 is 14.4 Å². The Labute approximate surface area is 167 Å². The van der Waals surface area contributed by atoms with E-state index in [0.717, 1.165) is 46.7 Å². The Kier molecular flexibility index (Phi) is 3.56. The fraction of sp³-hybridized carbons (Fsp3) is 0.318. The largest absolute Gasteiger partial charge is 0.487 e. The molecule has 1 aromatic carbocycles. The Morgan fingerprint density at radius 3 is 2.72 bits per heavy atom. The Morgan fingerprint density at radius 1 is 1.24 bits per heavy atom. The molecule has 0 radical (unpaired) electrons. The van der Waals surface area contributed by atoms with E-state index in [4.69, 9.17) is 4.74 Å². The Hall–Kier alpha value is -3.35. The number of rotatable bonds is 2. The van der Waals surface area contributed by atoms with Gasteiger partial charge in [0.1, 0.15) is 16.9 Å². The van der Waals surface area contributed by atoms with Crippen molar-refractivity contribution in [3.05, 3.63) is 57.5 Å². The molecule has 5 rings (SSSR count). The highest BCUT2D eigenvalue weighted by atomic mass is 16.5. The SMILES string of the molecule is Cn1ccc(-c2cc3c(c4c2OC(C)(C)C4)CCn2cc(C(=O)O)c(=O)cc2-3)n1. The van der Waals surface area contributed by atoms with Crippen molar-refractivity contribution in [2.75, 3.05) is 0 Å². The number of hydrogen-bond acceptors (Lipinski definition) is 4. The van der Waals surface area contributed by atoms with E-state index in [2.05, 4.69) is 18.9 Å². The maximum atomic E-state index is 12.4. The minimum atomic E-state index is -1.20. The molecule has 2 aliphatic heterocycles. The standard InChI is InChI=1S/C22H21N3O4/c1-22(2)10-15-12-4-7-25-11-16(21(27)28)19(26)9-18(25)13(12)8-14(20(15)29-22)17-5-6-24(3)23-17/h5-6,8-9,11H,4,7,10H2,1-3H3,(H,27,28). The highest BCUT2D eigenvalue weighted by molar-refractivity contribution is 5.88. The Bertz CT molecular complexity index is 1250. The lowest BCUT2D eigenvalue weighted by Gasteiger charge is -2.25. The number of ether oxygens (including phenoxy) is 1. The van der Waals surface area contributed by atoms with Gasteiger partial charge in [-0.15, -0.1) is 0 Å². The van der Waals surface area contributed by atoms with E-state index in [9.17, 15) is 14.7 Å². The summed E-state index contributed by atoms with van der Waals surface area (Å²) in [5.41, 5.74) is 4.74. The number of carboxylic acids is 1. The van der Waals surface area contributed by atoms with Gasteiger partial charge in [0.2, 0.25) is 0 Å². The fourth-order valence-electron chi connectivity index (χ4n) is 4.45. The van der Waals surface area contributed by atoms with Crippen LogP contribution in [0.2, 0.25) is 0 Å². The van der Waals surface area contributed by atoms with E-state index >= 15 is 0 Å². The first-order valence-electron chi connectivity index (χ1n) is 9.59. The van der Waals surface area contributed by atoms with Gasteiger partial charge in [0.15, 0.2) is 5.43 Å². The van der Waals surface area contributed by atoms with Crippen molar-refractivity contribution in [2.24, 2.45) is 7.05 Å². The summed E-state index contributed by atoms with van der Waals surface area (Å²) in [7, 11) is 1.87. The number of carbonyl (C=O) groups is 1. The molecule has 0 saturated heterocycles. The molecule has 2 aromatic heterocycles. The highest BCUT2D eigenvalue weighted by Gasteiger charge is 2.37. The van der Waals surface area contributed by atoms with Crippen LogP contribution in [0.5, 0.6) is 5.75 Å². The first-order valence-corrected chi connectivity index (χ1v) is 9.59. The fourth-order valence-corrected chi connectivity index (χ4v) is 4.45. The Balaban J connectivity index is 1.79. The third-order valence-corrected chi connectivity index (χ3v) is 5.70. The van der Waals surface area contributed by atoms with Crippen molar-refractivity contribution in [1.82, 2.24) is 14.3 Å². The molecular formula is C22H21N3O4. The number of carboxylic acid groups (broad SMARTS) is 1. The summed E-state index contributed by atoms with van der Waals surface area (Å²) < 4.78 is 9.93. The van der Waals surface area contributed by atoms with Crippen LogP contribution >= 0.6 is 0 Å². The predicted molar refractivity (Wildman–Crippen MR) is 107 cm³/mol. The second kappa shape index (κ2) is 5.83. The molecule has 0 saturated carbocycles. The molecule has 0 aliphatic carbocycles. The van der Waals surface area contributed by atoms with Crippen LogP contribution in [-0.2, 0) is 26.4 Å². The summed E-state index contributed by atoms with van der Waals surface area (Å²) in [5, 5.41) is 13.9. The summed E-state index contributed by atoms with van der Waals surface area (Å²) >= 11 is 0. The third kappa shape index (κ3) is 2.68. The van der Waals surface area contributed by atoms with Crippen LogP contribution in [0.25, 0.3) is 22.5 Å². The van der Waals surface area contributed by atoms with Gasteiger partial charge in [-0.05, 0) is 38.0 Å². The van der Waals surface area contributed by atoms with E-state index in [1.165, 1.54) is 17.8 Å². The molecular weight excluding hydrogens is 370 g/mol. The second-order valence-electron chi connectivity index (χ2n) is 8.36. The van der Waals surface area contributed by atoms with Crippen LogP contribution in [-0.4, -0.2) is 31.0 Å². The van der Waals surface area contributed by atoms with E-state index in [0.29, 0.717) is 6.54 Å². The quantitative estimate of drug-likeness (QED) is 0.726. The zero-order chi connectivity index (χ0) is 20.5. The summed E-state index contributed by atoms with van der Waals surface area (Å²) in [4.78, 5) is 23.8. The van der Waals surface area contributed by atoms with Crippen LogP contribution in [0.15, 0.2) is 35.4 Å². The molecule has 2 aliphatic rings. The molecule has 0 spiro atoms. The molecule has 0 amide bonds. The van der Waals surface area contributed by atoms with E-state index in [1.807, 2.05) is 29.9 Å². The molecule has 0 atom stereocenters. The zero-order valence-electron chi connectivity index (χ0n) is 16.5. The van der Waals surface area contributed by atoms with E-state index < -0.39 is 11.4 Å². The molecule has 0 unspecified atom stereocenters. The molecule has 7 heteroatoms. The van der Waals surface area contributed by atoms with Crippen molar-refractivity contribution >= 4 is 5.97 Å². The van der Waals surface area contributed by atoms with Gasteiger partial charge in [0.25, 0.3) is 0 Å². The number of fused-ring (bicyclic) bond motifs is 5. The maximum absolute atomic E-state index is 12.4. The number of hydrogen-bond donors (Lipinski definition) is 1. The van der Waals surface area contributed by atoms with Gasteiger partial charge in [-0.3, -0.25) is 9.48 Å². The molecule has 0 fully saturated rings. The minimum absolute atomic E-state index is 0.201. The molecule has 3 aromatic rings. The van der Waals surface area contributed by atoms with Crippen molar-refractivity contribution in [3.63, 3.8) is 0 Å². The second-order valence-corrected chi connectivity index (χ2v) is 8.36. The molecule has 29 heavy (non-hydrogen) atoms. The summed E-state index contributed by atoms with van der Waals surface area (Å²) in [6, 6.07) is 5.42. The first kappa shape index (κ1) is 17.7. The zero-order valence-corrected chi connectivity index (χ0v) is 16.5. The molecule has 1 N–H and O–H groups in total. The van der Waals surface area contributed by atoms with Gasteiger partial charge >= 0.3 is 5.97 Å². The maximum Gasteiger partial charge on any atom is 0.341 e. The lowest BCUT2D eigenvalue weighted by Crippen LogP contribution is -2.25. The highest BCUT2D eigenvalue weighted by Crippen LogP contribution is 2.48. The van der Waals surface area contributed by atoms with E-state index in [-0.39, 0.29) is 11.2 Å². The van der Waals surface area contributed by atoms with Gasteiger partial charge in [-0.2, -0.15) is 5.10 Å². The molecule has 4 heterocycles. The summed E-state index contributed by atoms with van der Waals surface area (Å²) in [6.07, 6.45) is 4.88. The van der Waals surface area contributed by atoms with Crippen LogP contribution < -0.4 is 10.2 Å². The number of benzene rings is 1. The number of nitrogens with zero attached hydrogens (tertiary/aromatic N) is 3.